The quantitative estimate of drug-likeness (QED) is 0.266. The van der Waals surface area contributed by atoms with Gasteiger partial charge in [-0.1, -0.05) is 69.5 Å². The molecule has 1 aromatic carbocycles. The Labute approximate surface area is 297 Å². The highest BCUT2D eigenvalue weighted by molar-refractivity contribution is 7.60. The second-order valence-electron chi connectivity index (χ2n) is 21.4. The zero-order chi connectivity index (χ0) is 33.1. The Morgan fingerprint density at radius 1 is 0.562 bits per heavy atom. The van der Waals surface area contributed by atoms with E-state index in [2.05, 4.69) is 64.3 Å². The third-order valence-electron chi connectivity index (χ3n) is 15.7. The smallest absolute Gasteiger partial charge is 0.0286 e. The molecule has 2 atom stereocenters. The molecule has 2 heterocycles. The molecule has 48 heavy (non-hydrogen) atoms. The Morgan fingerprint density at radius 2 is 0.917 bits per heavy atom. The fourth-order valence-corrected chi connectivity index (χ4v) is 23.1. The molecule has 4 heteroatoms. The second-order valence-corrected chi connectivity index (χ2v) is 27.1. The van der Waals surface area contributed by atoms with Gasteiger partial charge in [0.15, 0.2) is 0 Å². The van der Waals surface area contributed by atoms with E-state index in [1.165, 1.54) is 51.1 Å². The van der Waals surface area contributed by atoms with Crippen LogP contribution in [0.4, 0.5) is 0 Å². The Hall–Kier alpha value is -0.0000000000000000555. The lowest BCUT2D eigenvalue weighted by Gasteiger charge is -2.67. The van der Waals surface area contributed by atoms with Crippen LogP contribution in [0.5, 0.6) is 0 Å². The zero-order valence-electron chi connectivity index (χ0n) is 31.8. The fraction of sp³-hybridized carbons (Fsp3) is 0.864. The first-order valence-corrected chi connectivity index (χ1v) is 24.2. The van der Waals surface area contributed by atoms with Crippen molar-refractivity contribution in [3.63, 3.8) is 0 Å². The number of rotatable bonds is 8. The Morgan fingerprint density at radius 3 is 1.23 bits per heavy atom. The van der Waals surface area contributed by atoms with E-state index in [1.54, 1.807) is 88.2 Å². The third-order valence-corrected chi connectivity index (χ3v) is 22.9. The van der Waals surface area contributed by atoms with Gasteiger partial charge in [-0.2, -0.15) is 0 Å². The van der Waals surface area contributed by atoms with Crippen molar-refractivity contribution in [2.24, 2.45) is 35.5 Å². The van der Waals surface area contributed by atoms with Gasteiger partial charge in [0, 0.05) is 11.6 Å². The van der Waals surface area contributed by atoms with Crippen LogP contribution in [0.2, 0.25) is 0 Å². The van der Waals surface area contributed by atoms with Gasteiger partial charge in [-0.3, -0.25) is 0 Å². The molecule has 2 nitrogen and oxygen atoms in total. The van der Waals surface area contributed by atoms with Crippen LogP contribution in [0.1, 0.15) is 167 Å². The molecule has 2 aliphatic heterocycles. The van der Waals surface area contributed by atoms with E-state index in [4.69, 9.17) is 0 Å². The SMILES string of the molecule is CC(C)(C)c1cc(CP(C2CCCN2)C2CCCN2)c(CP(C23CC4CC(CC(C4)C2)C3)C23CC4CC(CC(C4)C2)C3)cc1C(C)(C)C. The molecule has 8 bridgehead atoms. The molecule has 10 fully saturated rings. The van der Waals surface area contributed by atoms with Crippen LogP contribution in [-0.2, 0) is 23.2 Å². The van der Waals surface area contributed by atoms with Gasteiger partial charge in [0.2, 0.25) is 0 Å². The summed E-state index contributed by atoms with van der Waals surface area (Å²) < 4.78 is 0. The minimum atomic E-state index is -0.135. The zero-order valence-corrected chi connectivity index (χ0v) is 33.6. The maximum Gasteiger partial charge on any atom is 0.0286 e. The lowest BCUT2D eigenvalue weighted by Crippen LogP contribution is -2.56. The van der Waals surface area contributed by atoms with E-state index >= 15 is 0 Å². The van der Waals surface area contributed by atoms with Gasteiger partial charge in [0.1, 0.15) is 0 Å². The summed E-state index contributed by atoms with van der Waals surface area (Å²) in [5.74, 6) is 7.90. The van der Waals surface area contributed by atoms with Gasteiger partial charge in [-0.25, -0.2) is 0 Å². The molecule has 1 aromatic rings. The molecule has 0 radical (unpaired) electrons. The first-order valence-electron chi connectivity index (χ1n) is 21.0. The Bertz CT molecular complexity index is 1220. The third kappa shape index (κ3) is 6.06. The summed E-state index contributed by atoms with van der Waals surface area (Å²) in [7, 11) is -0.192. The van der Waals surface area contributed by atoms with Crippen LogP contribution >= 0.6 is 15.8 Å². The molecule has 0 spiro atoms. The molecular weight excluding hydrogens is 618 g/mol. The van der Waals surface area contributed by atoms with Crippen molar-refractivity contribution in [3.8, 4) is 0 Å². The van der Waals surface area contributed by atoms with Crippen LogP contribution in [0.3, 0.4) is 0 Å². The van der Waals surface area contributed by atoms with Crippen molar-refractivity contribution < 1.29 is 0 Å². The number of nitrogens with one attached hydrogen (secondary N) is 2. The van der Waals surface area contributed by atoms with Crippen molar-refractivity contribution in [2.75, 3.05) is 13.1 Å². The van der Waals surface area contributed by atoms with Crippen molar-refractivity contribution in [2.45, 2.75) is 189 Å². The molecule has 266 valence electrons. The molecule has 8 saturated carbocycles. The van der Waals surface area contributed by atoms with Gasteiger partial charge in [-0.05, 0) is 207 Å². The summed E-state index contributed by atoms with van der Waals surface area (Å²) in [6.45, 7) is 17.5. The van der Waals surface area contributed by atoms with Gasteiger partial charge in [0.25, 0.3) is 0 Å². The second kappa shape index (κ2) is 12.3. The van der Waals surface area contributed by atoms with Gasteiger partial charge in [0.05, 0.1) is 0 Å². The Balaban J connectivity index is 1.17. The summed E-state index contributed by atoms with van der Waals surface area (Å²) in [6, 6.07) is 5.74. The van der Waals surface area contributed by atoms with Crippen LogP contribution in [0.25, 0.3) is 0 Å². The number of hydrogen-bond donors (Lipinski definition) is 2. The minimum Gasteiger partial charge on any atom is -0.310 e. The predicted octanol–water partition coefficient (Wildman–Crippen LogP) is 11.6. The molecule has 10 aliphatic rings. The summed E-state index contributed by atoms with van der Waals surface area (Å²) in [5, 5.41) is 9.52. The van der Waals surface area contributed by atoms with Crippen LogP contribution < -0.4 is 10.6 Å². The Kier molecular flexibility index (Phi) is 8.65. The minimum absolute atomic E-state index is 0.0568. The monoisotopic (exact) mass is 689 g/mol. The molecule has 0 amide bonds. The summed E-state index contributed by atoms with van der Waals surface area (Å²) in [5.41, 5.74) is 7.32. The summed E-state index contributed by atoms with van der Waals surface area (Å²) in [6.07, 6.45) is 27.7. The van der Waals surface area contributed by atoms with Crippen molar-refractivity contribution in [3.05, 3.63) is 34.4 Å². The van der Waals surface area contributed by atoms with Crippen LogP contribution in [0, 0.1) is 35.5 Å². The van der Waals surface area contributed by atoms with Gasteiger partial charge < -0.3 is 10.6 Å². The number of hydrogen-bond acceptors (Lipinski definition) is 2. The van der Waals surface area contributed by atoms with E-state index in [0.717, 1.165) is 47.1 Å². The van der Waals surface area contributed by atoms with Crippen molar-refractivity contribution in [1.82, 2.24) is 10.6 Å². The maximum absolute atomic E-state index is 4.07. The maximum atomic E-state index is 4.07. The number of benzene rings is 1. The average molecular weight is 689 g/mol. The molecule has 2 unspecified atom stereocenters. The van der Waals surface area contributed by atoms with Crippen LogP contribution in [-0.4, -0.2) is 35.0 Å². The van der Waals surface area contributed by atoms with E-state index in [9.17, 15) is 0 Å². The largest absolute Gasteiger partial charge is 0.310 e. The summed E-state index contributed by atoms with van der Waals surface area (Å²) >= 11 is 0. The van der Waals surface area contributed by atoms with Gasteiger partial charge >= 0.3 is 0 Å². The van der Waals surface area contributed by atoms with E-state index in [0.29, 0.717) is 10.3 Å². The van der Waals surface area contributed by atoms with Crippen LogP contribution in [0.15, 0.2) is 12.1 Å². The van der Waals surface area contributed by atoms with Gasteiger partial charge in [-0.15, -0.1) is 0 Å². The first kappa shape index (κ1) is 33.8. The topological polar surface area (TPSA) is 24.1 Å². The molecule has 11 rings (SSSR count). The molecular formula is C44H70N2P2. The van der Waals surface area contributed by atoms with E-state index in [1.807, 2.05) is 11.1 Å². The highest BCUT2D eigenvalue weighted by Gasteiger charge is 2.62. The normalized spacial score (nSPS) is 43.0. The lowest BCUT2D eigenvalue weighted by molar-refractivity contribution is 0.0184. The lowest BCUT2D eigenvalue weighted by atomic mass is 9.55. The fourth-order valence-electron chi connectivity index (χ4n) is 14.6. The van der Waals surface area contributed by atoms with E-state index < -0.39 is 0 Å². The van der Waals surface area contributed by atoms with Crippen molar-refractivity contribution >= 4 is 15.8 Å². The summed E-state index contributed by atoms with van der Waals surface area (Å²) in [4.78, 5) is 0. The average Bonchev–Trinajstić information content (AvgIpc) is 3.72. The highest BCUT2D eigenvalue weighted by Crippen LogP contribution is 2.80. The molecule has 8 aliphatic carbocycles. The predicted molar refractivity (Wildman–Crippen MR) is 209 cm³/mol. The first-order chi connectivity index (χ1) is 22.9. The molecule has 2 N–H and O–H groups in total. The standard InChI is InChI=1S/C44H70N2P2/c1-41(2,3)37-19-35(27-47(39-9-7-11-45-39)40-10-8-12-46-40)36(20-38(37)42(4,5)6)28-48(43-21-29-13-30(22-43)15-31(14-29)23-43)44-24-32-16-33(25-44)18-34(17-32)26-44/h19-20,29-34,39-40,45-46H,7-18,21-28H2,1-6H3. The molecule has 2 saturated heterocycles. The highest BCUT2D eigenvalue weighted by atomic mass is 31.1. The molecule has 0 aromatic heterocycles. The van der Waals surface area contributed by atoms with E-state index in [-0.39, 0.29) is 26.7 Å². The van der Waals surface area contributed by atoms with Crippen molar-refractivity contribution in [1.29, 1.82) is 0 Å².